The minimum absolute atomic E-state index is 0.0627. The van der Waals surface area contributed by atoms with E-state index in [-0.39, 0.29) is 6.03 Å². The summed E-state index contributed by atoms with van der Waals surface area (Å²) in [5.74, 6) is 0.690. The van der Waals surface area contributed by atoms with Gasteiger partial charge in [0, 0.05) is 55.0 Å². The molecule has 0 unspecified atom stereocenters. The first-order valence-electron chi connectivity index (χ1n) is 9.45. The van der Waals surface area contributed by atoms with Crippen molar-refractivity contribution in [1.82, 2.24) is 14.9 Å². The van der Waals surface area contributed by atoms with Gasteiger partial charge in [-0.1, -0.05) is 18.2 Å². The van der Waals surface area contributed by atoms with E-state index in [1.165, 1.54) is 5.69 Å². The van der Waals surface area contributed by atoms with Gasteiger partial charge in [0.1, 0.15) is 0 Å². The Morgan fingerprint density at radius 3 is 2.32 bits per heavy atom. The molecule has 0 saturated carbocycles. The SMILES string of the molecule is Cc1ccnc(-c2ccc(NC(=O)N3CCN(c4ccccc4)CC3)cc2)n1. The molecule has 1 fully saturated rings. The highest BCUT2D eigenvalue weighted by molar-refractivity contribution is 5.89. The van der Waals surface area contributed by atoms with Crippen LogP contribution in [0, 0.1) is 6.92 Å². The first kappa shape index (κ1) is 18.0. The smallest absolute Gasteiger partial charge is 0.321 e. The zero-order valence-electron chi connectivity index (χ0n) is 15.9. The number of hydrogen-bond acceptors (Lipinski definition) is 4. The number of hydrogen-bond donors (Lipinski definition) is 1. The van der Waals surface area contributed by atoms with E-state index in [4.69, 9.17) is 0 Å². The molecule has 0 atom stereocenters. The van der Waals surface area contributed by atoms with E-state index < -0.39 is 0 Å². The van der Waals surface area contributed by atoms with Crippen molar-refractivity contribution in [1.29, 1.82) is 0 Å². The summed E-state index contributed by atoms with van der Waals surface area (Å²) in [5, 5.41) is 2.98. The number of nitrogens with one attached hydrogen (secondary N) is 1. The van der Waals surface area contributed by atoms with Crippen molar-refractivity contribution in [3.05, 3.63) is 72.6 Å². The molecule has 142 valence electrons. The van der Waals surface area contributed by atoms with Crippen LogP contribution in [0.25, 0.3) is 11.4 Å². The van der Waals surface area contributed by atoms with Crippen LogP contribution in [-0.4, -0.2) is 47.1 Å². The second kappa shape index (κ2) is 8.08. The van der Waals surface area contributed by atoms with Crippen LogP contribution >= 0.6 is 0 Å². The molecule has 1 aliphatic heterocycles. The Balaban J connectivity index is 1.34. The molecule has 3 aromatic rings. The predicted molar refractivity (Wildman–Crippen MR) is 111 cm³/mol. The number of benzene rings is 2. The van der Waals surface area contributed by atoms with Crippen LogP contribution in [0.15, 0.2) is 66.9 Å². The Bertz CT molecular complexity index is 935. The van der Waals surface area contributed by atoms with E-state index in [0.29, 0.717) is 18.9 Å². The van der Waals surface area contributed by atoms with Gasteiger partial charge in [-0.25, -0.2) is 14.8 Å². The summed E-state index contributed by atoms with van der Waals surface area (Å²) in [6.07, 6.45) is 1.75. The molecule has 2 aromatic carbocycles. The molecule has 0 radical (unpaired) electrons. The topological polar surface area (TPSA) is 61.4 Å². The minimum atomic E-state index is -0.0627. The summed E-state index contributed by atoms with van der Waals surface area (Å²) in [7, 11) is 0. The van der Waals surface area contributed by atoms with Gasteiger partial charge in [-0.15, -0.1) is 0 Å². The quantitative estimate of drug-likeness (QED) is 0.758. The number of aromatic nitrogens is 2. The van der Waals surface area contributed by atoms with Gasteiger partial charge in [0.2, 0.25) is 0 Å². The Morgan fingerprint density at radius 2 is 1.64 bits per heavy atom. The van der Waals surface area contributed by atoms with E-state index in [2.05, 4.69) is 32.3 Å². The molecule has 1 N–H and O–H groups in total. The van der Waals surface area contributed by atoms with Gasteiger partial charge in [-0.05, 0) is 49.4 Å². The van der Waals surface area contributed by atoms with Crippen molar-refractivity contribution >= 4 is 17.4 Å². The number of rotatable bonds is 3. The average molecular weight is 373 g/mol. The highest BCUT2D eigenvalue weighted by Gasteiger charge is 2.21. The van der Waals surface area contributed by atoms with Crippen LogP contribution in [0.3, 0.4) is 0 Å². The molecular weight excluding hydrogens is 350 g/mol. The number of carbonyl (C=O) groups excluding carboxylic acids is 1. The van der Waals surface area contributed by atoms with Gasteiger partial charge in [0.15, 0.2) is 5.82 Å². The number of anilines is 2. The lowest BCUT2D eigenvalue weighted by molar-refractivity contribution is 0.208. The van der Waals surface area contributed by atoms with Gasteiger partial charge >= 0.3 is 6.03 Å². The van der Waals surface area contributed by atoms with Gasteiger partial charge in [-0.3, -0.25) is 0 Å². The van der Waals surface area contributed by atoms with Crippen molar-refractivity contribution in [2.45, 2.75) is 6.92 Å². The first-order chi connectivity index (χ1) is 13.7. The van der Waals surface area contributed by atoms with E-state index in [1.807, 2.05) is 60.4 Å². The largest absolute Gasteiger partial charge is 0.368 e. The zero-order valence-corrected chi connectivity index (χ0v) is 15.9. The van der Waals surface area contributed by atoms with E-state index in [0.717, 1.165) is 30.0 Å². The van der Waals surface area contributed by atoms with Crippen LogP contribution in [0.5, 0.6) is 0 Å². The highest BCUT2D eigenvalue weighted by Crippen LogP contribution is 2.19. The van der Waals surface area contributed by atoms with Crippen LogP contribution in [0.4, 0.5) is 16.2 Å². The first-order valence-corrected chi connectivity index (χ1v) is 9.45. The molecule has 1 saturated heterocycles. The number of para-hydroxylation sites is 1. The molecular formula is C22H23N5O. The maximum absolute atomic E-state index is 12.6. The minimum Gasteiger partial charge on any atom is -0.368 e. The van der Waals surface area contributed by atoms with Gasteiger partial charge < -0.3 is 15.1 Å². The standard InChI is InChI=1S/C22H23N5O/c1-17-11-12-23-21(24-17)18-7-9-19(10-8-18)25-22(28)27-15-13-26(14-16-27)20-5-3-2-4-6-20/h2-12H,13-16H2,1H3,(H,25,28). The number of carbonyl (C=O) groups is 1. The third kappa shape index (κ3) is 4.11. The number of nitrogens with zero attached hydrogens (tertiary/aromatic N) is 4. The zero-order chi connectivity index (χ0) is 19.3. The molecule has 4 rings (SSSR count). The van der Waals surface area contributed by atoms with Crippen molar-refractivity contribution in [3.8, 4) is 11.4 Å². The van der Waals surface area contributed by atoms with Gasteiger partial charge in [-0.2, -0.15) is 0 Å². The van der Waals surface area contributed by atoms with Crippen molar-refractivity contribution in [2.75, 3.05) is 36.4 Å². The molecule has 6 nitrogen and oxygen atoms in total. The maximum atomic E-state index is 12.6. The monoisotopic (exact) mass is 373 g/mol. The summed E-state index contributed by atoms with van der Waals surface area (Å²) < 4.78 is 0. The third-order valence-corrected chi connectivity index (χ3v) is 4.88. The molecule has 6 heteroatoms. The highest BCUT2D eigenvalue weighted by atomic mass is 16.2. The summed E-state index contributed by atoms with van der Waals surface area (Å²) in [4.78, 5) is 25.5. The van der Waals surface area contributed by atoms with Crippen molar-refractivity contribution < 1.29 is 4.79 Å². The lowest BCUT2D eigenvalue weighted by atomic mass is 10.2. The second-order valence-corrected chi connectivity index (χ2v) is 6.84. The molecule has 28 heavy (non-hydrogen) atoms. The molecule has 2 heterocycles. The van der Waals surface area contributed by atoms with Crippen LogP contribution < -0.4 is 10.2 Å². The number of aryl methyl sites for hydroxylation is 1. The number of piperazine rings is 1. The summed E-state index contributed by atoms with van der Waals surface area (Å²) >= 11 is 0. The van der Waals surface area contributed by atoms with E-state index >= 15 is 0 Å². The van der Waals surface area contributed by atoms with Crippen LogP contribution in [0.2, 0.25) is 0 Å². The third-order valence-electron chi connectivity index (χ3n) is 4.88. The van der Waals surface area contributed by atoms with Crippen molar-refractivity contribution in [2.24, 2.45) is 0 Å². The van der Waals surface area contributed by atoms with Crippen LogP contribution in [0.1, 0.15) is 5.69 Å². The van der Waals surface area contributed by atoms with Gasteiger partial charge in [0.25, 0.3) is 0 Å². The van der Waals surface area contributed by atoms with E-state index in [1.54, 1.807) is 6.20 Å². The molecule has 2 amide bonds. The Kier molecular flexibility index (Phi) is 5.19. The maximum Gasteiger partial charge on any atom is 0.321 e. The fourth-order valence-corrected chi connectivity index (χ4v) is 3.30. The molecule has 1 aromatic heterocycles. The Hall–Kier alpha value is -3.41. The number of amides is 2. The van der Waals surface area contributed by atoms with E-state index in [9.17, 15) is 4.79 Å². The Morgan fingerprint density at radius 1 is 0.929 bits per heavy atom. The summed E-state index contributed by atoms with van der Waals surface area (Å²) in [6, 6.07) is 19.8. The molecule has 0 aliphatic carbocycles. The van der Waals surface area contributed by atoms with Gasteiger partial charge in [0.05, 0.1) is 0 Å². The Labute approximate surface area is 164 Å². The number of urea groups is 1. The fourth-order valence-electron chi connectivity index (χ4n) is 3.30. The predicted octanol–water partition coefficient (Wildman–Crippen LogP) is 3.81. The summed E-state index contributed by atoms with van der Waals surface area (Å²) in [6.45, 7) is 5.02. The average Bonchev–Trinajstić information content (AvgIpc) is 2.75. The second-order valence-electron chi connectivity index (χ2n) is 6.84. The molecule has 1 aliphatic rings. The lowest BCUT2D eigenvalue weighted by Crippen LogP contribution is -2.50. The molecule has 0 spiro atoms. The normalized spacial score (nSPS) is 14.0. The van der Waals surface area contributed by atoms with Crippen molar-refractivity contribution in [3.63, 3.8) is 0 Å². The summed E-state index contributed by atoms with van der Waals surface area (Å²) in [5.41, 5.74) is 3.83. The fraction of sp³-hybridized carbons (Fsp3) is 0.227. The van der Waals surface area contributed by atoms with Crippen LogP contribution in [-0.2, 0) is 0 Å². The lowest BCUT2D eigenvalue weighted by Gasteiger charge is -2.36. The molecule has 0 bridgehead atoms.